The van der Waals surface area contributed by atoms with E-state index >= 15 is 0 Å². The van der Waals surface area contributed by atoms with Crippen molar-refractivity contribution >= 4 is 5.82 Å². The van der Waals surface area contributed by atoms with Crippen molar-refractivity contribution in [3.8, 4) is 0 Å². The first kappa shape index (κ1) is 10.1. The van der Waals surface area contributed by atoms with E-state index in [0.29, 0.717) is 11.7 Å². The van der Waals surface area contributed by atoms with Gasteiger partial charge in [0.05, 0.1) is 0 Å². The van der Waals surface area contributed by atoms with E-state index < -0.39 is 0 Å². The number of nitrogens with two attached hydrogens (primary N) is 1. The van der Waals surface area contributed by atoms with Gasteiger partial charge in [-0.05, 0) is 18.8 Å². The summed E-state index contributed by atoms with van der Waals surface area (Å²) in [6.45, 7) is 6.56. The van der Waals surface area contributed by atoms with Crippen LogP contribution in [0.5, 0.6) is 0 Å². The molecule has 13 heavy (non-hydrogen) atoms. The Labute approximate surface area is 79.7 Å². The first-order valence-electron chi connectivity index (χ1n) is 4.96. The molecule has 0 radical (unpaired) electrons. The number of H-pyrrole nitrogens is 1. The van der Waals surface area contributed by atoms with Gasteiger partial charge in [0.25, 0.3) is 0 Å². The van der Waals surface area contributed by atoms with Gasteiger partial charge in [0.1, 0.15) is 5.82 Å². The summed E-state index contributed by atoms with van der Waals surface area (Å²) in [5.41, 5.74) is 8.21. The standard InChI is InChI=1S/C10H19N3/c1-4-5-9-8(6-7(2)3)10(11)13-12-9/h7H,4-6H2,1-3H3,(H3,11,12,13). The Morgan fingerprint density at radius 3 is 2.69 bits per heavy atom. The number of aromatic nitrogens is 2. The summed E-state index contributed by atoms with van der Waals surface area (Å²) in [5, 5.41) is 7.05. The fraction of sp³-hybridized carbons (Fsp3) is 0.700. The summed E-state index contributed by atoms with van der Waals surface area (Å²) in [6, 6.07) is 0. The summed E-state index contributed by atoms with van der Waals surface area (Å²) < 4.78 is 0. The van der Waals surface area contributed by atoms with Crippen LogP contribution in [0.1, 0.15) is 38.4 Å². The van der Waals surface area contributed by atoms with E-state index in [1.54, 1.807) is 0 Å². The van der Waals surface area contributed by atoms with E-state index in [1.807, 2.05) is 0 Å². The van der Waals surface area contributed by atoms with Gasteiger partial charge >= 0.3 is 0 Å². The normalized spacial score (nSPS) is 11.1. The summed E-state index contributed by atoms with van der Waals surface area (Å²) in [7, 11) is 0. The summed E-state index contributed by atoms with van der Waals surface area (Å²) >= 11 is 0. The Bertz CT molecular complexity index is 263. The number of nitrogens with zero attached hydrogens (tertiary/aromatic N) is 1. The molecule has 3 N–H and O–H groups in total. The lowest BCUT2D eigenvalue weighted by molar-refractivity contribution is 0.642. The molecule has 0 aromatic carbocycles. The average Bonchev–Trinajstić information content (AvgIpc) is 2.36. The molecule has 74 valence electrons. The second kappa shape index (κ2) is 4.30. The molecule has 1 aromatic rings. The second-order valence-corrected chi connectivity index (χ2v) is 3.91. The Balaban J connectivity index is 2.81. The van der Waals surface area contributed by atoms with Crippen molar-refractivity contribution in [1.29, 1.82) is 0 Å². The maximum absolute atomic E-state index is 5.78. The molecule has 0 aliphatic heterocycles. The average molecular weight is 181 g/mol. The van der Waals surface area contributed by atoms with Gasteiger partial charge in [-0.15, -0.1) is 0 Å². The molecular formula is C10H19N3. The van der Waals surface area contributed by atoms with E-state index in [-0.39, 0.29) is 0 Å². The van der Waals surface area contributed by atoms with Gasteiger partial charge in [-0.1, -0.05) is 27.2 Å². The van der Waals surface area contributed by atoms with Crippen LogP contribution in [0, 0.1) is 5.92 Å². The van der Waals surface area contributed by atoms with Crippen LogP contribution in [0.3, 0.4) is 0 Å². The molecule has 0 saturated carbocycles. The van der Waals surface area contributed by atoms with E-state index in [2.05, 4.69) is 31.0 Å². The Kier molecular flexibility index (Phi) is 3.34. The van der Waals surface area contributed by atoms with Crippen LogP contribution in [0.15, 0.2) is 0 Å². The van der Waals surface area contributed by atoms with Crippen LogP contribution < -0.4 is 5.73 Å². The smallest absolute Gasteiger partial charge is 0.148 e. The maximum atomic E-state index is 5.78. The maximum Gasteiger partial charge on any atom is 0.148 e. The minimum absolute atomic E-state index is 0.635. The summed E-state index contributed by atoms with van der Waals surface area (Å²) in [4.78, 5) is 0. The van der Waals surface area contributed by atoms with Gasteiger partial charge in [0.15, 0.2) is 0 Å². The summed E-state index contributed by atoms with van der Waals surface area (Å²) in [5.74, 6) is 1.31. The zero-order chi connectivity index (χ0) is 9.84. The van der Waals surface area contributed by atoms with Gasteiger partial charge in [-0.2, -0.15) is 5.10 Å². The quantitative estimate of drug-likeness (QED) is 0.747. The van der Waals surface area contributed by atoms with Crippen molar-refractivity contribution in [3.05, 3.63) is 11.3 Å². The van der Waals surface area contributed by atoms with E-state index in [4.69, 9.17) is 5.73 Å². The number of nitrogen functional groups attached to an aromatic ring is 1. The van der Waals surface area contributed by atoms with Gasteiger partial charge < -0.3 is 5.73 Å². The van der Waals surface area contributed by atoms with Crippen LogP contribution in [-0.4, -0.2) is 10.2 Å². The lowest BCUT2D eigenvalue weighted by atomic mass is 10.0. The Hall–Kier alpha value is -0.990. The number of nitrogens with one attached hydrogen (secondary N) is 1. The molecule has 0 amide bonds. The van der Waals surface area contributed by atoms with Crippen molar-refractivity contribution in [3.63, 3.8) is 0 Å². The molecule has 0 aliphatic rings. The van der Waals surface area contributed by atoms with Crippen LogP contribution >= 0.6 is 0 Å². The van der Waals surface area contributed by atoms with Crippen molar-refractivity contribution in [2.45, 2.75) is 40.0 Å². The Morgan fingerprint density at radius 1 is 1.46 bits per heavy atom. The first-order chi connectivity index (χ1) is 6.15. The highest BCUT2D eigenvalue weighted by molar-refractivity contribution is 5.42. The molecule has 0 atom stereocenters. The molecule has 0 saturated heterocycles. The monoisotopic (exact) mass is 181 g/mol. The van der Waals surface area contributed by atoms with Gasteiger partial charge in [-0.3, -0.25) is 5.10 Å². The predicted molar refractivity (Wildman–Crippen MR) is 55.5 cm³/mol. The van der Waals surface area contributed by atoms with Crippen molar-refractivity contribution in [2.75, 3.05) is 5.73 Å². The van der Waals surface area contributed by atoms with Gasteiger partial charge in [-0.25, -0.2) is 0 Å². The number of rotatable bonds is 4. The van der Waals surface area contributed by atoms with E-state index in [0.717, 1.165) is 19.3 Å². The zero-order valence-electron chi connectivity index (χ0n) is 8.72. The molecule has 1 rings (SSSR count). The summed E-state index contributed by atoms with van der Waals surface area (Å²) in [6.07, 6.45) is 3.21. The van der Waals surface area contributed by atoms with Crippen LogP contribution in [0.25, 0.3) is 0 Å². The minimum atomic E-state index is 0.635. The van der Waals surface area contributed by atoms with Crippen LogP contribution in [0.4, 0.5) is 5.82 Å². The number of aromatic amines is 1. The third-order valence-electron chi connectivity index (χ3n) is 2.10. The van der Waals surface area contributed by atoms with Gasteiger partial charge in [0.2, 0.25) is 0 Å². The molecule has 1 aromatic heterocycles. The van der Waals surface area contributed by atoms with Gasteiger partial charge in [0, 0.05) is 11.3 Å². The SMILES string of the molecule is CCCc1[nH]nc(N)c1CC(C)C. The topological polar surface area (TPSA) is 54.7 Å². The van der Waals surface area contributed by atoms with Crippen LogP contribution in [0.2, 0.25) is 0 Å². The molecular weight excluding hydrogens is 162 g/mol. The highest BCUT2D eigenvalue weighted by Gasteiger charge is 2.10. The lowest BCUT2D eigenvalue weighted by Gasteiger charge is -2.05. The predicted octanol–water partition coefficient (Wildman–Crippen LogP) is 2.14. The number of anilines is 1. The minimum Gasteiger partial charge on any atom is -0.382 e. The largest absolute Gasteiger partial charge is 0.382 e. The first-order valence-corrected chi connectivity index (χ1v) is 4.96. The third kappa shape index (κ3) is 2.47. The number of hydrogen-bond acceptors (Lipinski definition) is 2. The highest BCUT2D eigenvalue weighted by atomic mass is 15.2. The van der Waals surface area contributed by atoms with Crippen LogP contribution in [-0.2, 0) is 12.8 Å². The van der Waals surface area contributed by atoms with Crippen molar-refractivity contribution in [2.24, 2.45) is 5.92 Å². The molecule has 1 heterocycles. The molecule has 3 nitrogen and oxygen atoms in total. The highest BCUT2D eigenvalue weighted by Crippen LogP contribution is 2.18. The lowest BCUT2D eigenvalue weighted by Crippen LogP contribution is -2.00. The molecule has 0 aliphatic carbocycles. The molecule has 0 fully saturated rings. The number of aryl methyl sites for hydroxylation is 1. The van der Waals surface area contributed by atoms with Crippen molar-refractivity contribution < 1.29 is 0 Å². The molecule has 0 bridgehead atoms. The van der Waals surface area contributed by atoms with E-state index in [1.165, 1.54) is 11.3 Å². The molecule has 0 unspecified atom stereocenters. The molecule has 3 heteroatoms. The second-order valence-electron chi connectivity index (χ2n) is 3.91. The van der Waals surface area contributed by atoms with E-state index in [9.17, 15) is 0 Å². The molecule has 0 spiro atoms. The third-order valence-corrected chi connectivity index (χ3v) is 2.10. The fourth-order valence-corrected chi connectivity index (χ4v) is 1.51. The Morgan fingerprint density at radius 2 is 2.15 bits per heavy atom. The zero-order valence-corrected chi connectivity index (χ0v) is 8.72. The van der Waals surface area contributed by atoms with Crippen molar-refractivity contribution in [1.82, 2.24) is 10.2 Å². The fourth-order valence-electron chi connectivity index (χ4n) is 1.51. The number of hydrogen-bond donors (Lipinski definition) is 2.